The van der Waals surface area contributed by atoms with Crippen LogP contribution in [0.15, 0.2) is 12.1 Å². The monoisotopic (exact) mass is 315 g/mol. The van der Waals surface area contributed by atoms with Crippen LogP contribution in [0, 0.1) is 0 Å². The minimum atomic E-state index is 0.0992. The van der Waals surface area contributed by atoms with Crippen LogP contribution in [0.25, 0.3) is 0 Å². The molecule has 0 aliphatic heterocycles. The molecule has 1 aromatic rings. The first-order chi connectivity index (χ1) is 9.56. The van der Waals surface area contributed by atoms with Gasteiger partial charge in [-0.15, -0.1) is 0 Å². The summed E-state index contributed by atoms with van der Waals surface area (Å²) in [6, 6.07) is 4.29. The van der Waals surface area contributed by atoms with E-state index in [-0.39, 0.29) is 6.10 Å². The van der Waals surface area contributed by atoms with Crippen molar-refractivity contribution in [2.45, 2.75) is 64.6 Å². The van der Waals surface area contributed by atoms with Crippen molar-refractivity contribution in [3.8, 4) is 5.75 Å². The van der Waals surface area contributed by atoms with Gasteiger partial charge in [-0.05, 0) is 38.8 Å². The van der Waals surface area contributed by atoms with E-state index >= 15 is 0 Å². The topological polar surface area (TPSA) is 21.3 Å². The molecule has 20 heavy (non-hydrogen) atoms. The largest absolute Gasteiger partial charge is 0.489 e. The molecule has 1 aromatic carbocycles. The van der Waals surface area contributed by atoms with Crippen molar-refractivity contribution in [1.82, 2.24) is 5.32 Å². The van der Waals surface area contributed by atoms with Crippen LogP contribution in [0.2, 0.25) is 10.0 Å². The molecule has 1 fully saturated rings. The van der Waals surface area contributed by atoms with Gasteiger partial charge in [0.05, 0.1) is 11.1 Å². The molecule has 1 aliphatic carbocycles. The average molecular weight is 316 g/mol. The lowest BCUT2D eigenvalue weighted by molar-refractivity contribution is 0.239. The molecule has 0 bridgehead atoms. The average Bonchev–Trinajstić information content (AvgIpc) is 2.40. The fourth-order valence-corrected chi connectivity index (χ4v) is 3.25. The quantitative estimate of drug-likeness (QED) is 0.806. The number of halogens is 2. The highest BCUT2D eigenvalue weighted by Crippen LogP contribution is 2.33. The molecule has 2 nitrogen and oxygen atoms in total. The summed E-state index contributed by atoms with van der Waals surface area (Å²) in [7, 11) is 0. The van der Waals surface area contributed by atoms with Gasteiger partial charge in [-0.3, -0.25) is 0 Å². The predicted molar refractivity (Wildman–Crippen MR) is 85.9 cm³/mol. The maximum absolute atomic E-state index is 6.26. The van der Waals surface area contributed by atoms with Crippen molar-refractivity contribution in [2.24, 2.45) is 0 Å². The first-order valence-electron chi connectivity index (χ1n) is 7.44. The highest BCUT2D eigenvalue weighted by atomic mass is 35.5. The molecule has 1 saturated carbocycles. The summed E-state index contributed by atoms with van der Waals surface area (Å²) < 4.78 is 5.84. The van der Waals surface area contributed by atoms with Gasteiger partial charge in [0.1, 0.15) is 5.75 Å². The van der Waals surface area contributed by atoms with Crippen LogP contribution in [0.5, 0.6) is 5.75 Å². The van der Waals surface area contributed by atoms with Crippen molar-refractivity contribution < 1.29 is 4.74 Å². The van der Waals surface area contributed by atoms with Gasteiger partial charge in [0, 0.05) is 23.2 Å². The van der Waals surface area contributed by atoms with E-state index in [1.165, 1.54) is 32.1 Å². The smallest absolute Gasteiger partial charge is 0.142 e. The minimum Gasteiger partial charge on any atom is -0.489 e. The SMILES string of the molecule is CC(C)Oc1c(Cl)cc(Cl)cc1CNC1CCCCC1. The normalized spacial score (nSPS) is 16.6. The van der Waals surface area contributed by atoms with E-state index in [2.05, 4.69) is 5.32 Å². The number of hydrogen-bond donors (Lipinski definition) is 1. The summed E-state index contributed by atoms with van der Waals surface area (Å²) in [5, 5.41) is 4.86. The maximum atomic E-state index is 6.26. The first kappa shape index (κ1) is 15.9. The van der Waals surface area contributed by atoms with Gasteiger partial charge in [-0.2, -0.15) is 0 Å². The van der Waals surface area contributed by atoms with E-state index < -0.39 is 0 Å². The van der Waals surface area contributed by atoms with E-state index in [4.69, 9.17) is 27.9 Å². The Labute approximate surface area is 131 Å². The number of hydrogen-bond acceptors (Lipinski definition) is 2. The highest BCUT2D eigenvalue weighted by molar-refractivity contribution is 6.35. The lowest BCUT2D eigenvalue weighted by Gasteiger charge is -2.24. The molecule has 1 aliphatic rings. The predicted octanol–water partition coefficient (Wildman–Crippen LogP) is 5.20. The molecular formula is C16H23Cl2NO. The molecule has 0 atom stereocenters. The van der Waals surface area contributed by atoms with Crippen LogP contribution in [0.4, 0.5) is 0 Å². The first-order valence-corrected chi connectivity index (χ1v) is 8.20. The molecule has 0 amide bonds. The van der Waals surface area contributed by atoms with Crippen LogP contribution in [0.3, 0.4) is 0 Å². The van der Waals surface area contributed by atoms with Gasteiger partial charge in [0.2, 0.25) is 0 Å². The van der Waals surface area contributed by atoms with E-state index in [0.29, 0.717) is 16.1 Å². The number of ether oxygens (including phenoxy) is 1. The van der Waals surface area contributed by atoms with Crippen LogP contribution in [0.1, 0.15) is 51.5 Å². The zero-order chi connectivity index (χ0) is 14.5. The van der Waals surface area contributed by atoms with E-state index in [0.717, 1.165) is 17.9 Å². The second-order valence-electron chi connectivity index (χ2n) is 5.76. The Morgan fingerprint density at radius 3 is 2.55 bits per heavy atom. The summed E-state index contributed by atoms with van der Waals surface area (Å²) >= 11 is 12.4. The third kappa shape index (κ3) is 4.54. The summed E-state index contributed by atoms with van der Waals surface area (Å²) in [6.45, 7) is 4.76. The molecule has 0 unspecified atom stereocenters. The van der Waals surface area contributed by atoms with Gasteiger partial charge >= 0.3 is 0 Å². The Morgan fingerprint density at radius 2 is 1.90 bits per heavy atom. The fourth-order valence-electron chi connectivity index (χ4n) is 2.67. The maximum Gasteiger partial charge on any atom is 0.142 e. The lowest BCUT2D eigenvalue weighted by Crippen LogP contribution is -2.30. The van der Waals surface area contributed by atoms with Gasteiger partial charge in [0.25, 0.3) is 0 Å². The minimum absolute atomic E-state index is 0.0992. The zero-order valence-electron chi connectivity index (χ0n) is 12.2. The molecule has 0 spiro atoms. The van der Waals surface area contributed by atoms with Crippen LogP contribution < -0.4 is 10.1 Å². The molecule has 0 radical (unpaired) electrons. The van der Waals surface area contributed by atoms with E-state index in [9.17, 15) is 0 Å². The molecule has 0 saturated heterocycles. The lowest BCUT2D eigenvalue weighted by atomic mass is 9.95. The fraction of sp³-hybridized carbons (Fsp3) is 0.625. The van der Waals surface area contributed by atoms with Crippen molar-refractivity contribution in [2.75, 3.05) is 0 Å². The summed E-state index contributed by atoms with van der Waals surface area (Å²) in [5.74, 6) is 0.759. The van der Waals surface area contributed by atoms with Gasteiger partial charge in [0.15, 0.2) is 0 Å². The van der Waals surface area contributed by atoms with E-state index in [1.807, 2.05) is 19.9 Å². The Kier molecular flexibility index (Phi) is 6.01. The van der Waals surface area contributed by atoms with Crippen LogP contribution in [-0.2, 0) is 6.54 Å². The van der Waals surface area contributed by atoms with Crippen molar-refractivity contribution >= 4 is 23.2 Å². The van der Waals surface area contributed by atoms with Crippen molar-refractivity contribution in [3.05, 3.63) is 27.7 Å². The van der Waals surface area contributed by atoms with E-state index in [1.54, 1.807) is 6.07 Å². The summed E-state index contributed by atoms with van der Waals surface area (Å²) in [4.78, 5) is 0. The Balaban J connectivity index is 2.08. The molecule has 4 heteroatoms. The van der Waals surface area contributed by atoms with Crippen LogP contribution >= 0.6 is 23.2 Å². The Morgan fingerprint density at radius 1 is 1.20 bits per heavy atom. The molecule has 112 valence electrons. The van der Waals surface area contributed by atoms with Crippen LogP contribution in [-0.4, -0.2) is 12.1 Å². The number of benzene rings is 1. The summed E-state index contributed by atoms with van der Waals surface area (Å²) in [6.07, 6.45) is 6.63. The number of rotatable bonds is 5. The Hall–Kier alpha value is -0.440. The molecule has 2 rings (SSSR count). The third-order valence-electron chi connectivity index (χ3n) is 3.63. The standard InChI is InChI=1S/C16H23Cl2NO/c1-11(2)20-16-12(8-13(17)9-15(16)18)10-19-14-6-4-3-5-7-14/h8-9,11,14,19H,3-7,10H2,1-2H3. The second-order valence-corrected chi connectivity index (χ2v) is 6.60. The van der Waals surface area contributed by atoms with Gasteiger partial charge in [-0.1, -0.05) is 42.5 Å². The second kappa shape index (κ2) is 7.53. The van der Waals surface area contributed by atoms with Gasteiger partial charge in [-0.25, -0.2) is 0 Å². The van der Waals surface area contributed by atoms with Crippen molar-refractivity contribution in [3.63, 3.8) is 0 Å². The Bertz CT molecular complexity index is 442. The molecular weight excluding hydrogens is 293 g/mol. The molecule has 1 N–H and O–H groups in total. The van der Waals surface area contributed by atoms with Gasteiger partial charge < -0.3 is 10.1 Å². The highest BCUT2D eigenvalue weighted by Gasteiger charge is 2.16. The molecule has 0 aromatic heterocycles. The summed E-state index contributed by atoms with van der Waals surface area (Å²) in [5.41, 5.74) is 1.04. The van der Waals surface area contributed by atoms with Crippen molar-refractivity contribution in [1.29, 1.82) is 0 Å². The number of nitrogens with one attached hydrogen (secondary N) is 1. The zero-order valence-corrected chi connectivity index (χ0v) is 13.7. The molecule has 0 heterocycles. The third-order valence-corrected chi connectivity index (χ3v) is 4.12.